The highest BCUT2D eigenvalue weighted by molar-refractivity contribution is 5.76. The number of piperidine rings is 1. The summed E-state index contributed by atoms with van der Waals surface area (Å²) in [6.45, 7) is 5.87. The van der Waals surface area contributed by atoms with Crippen LogP contribution < -0.4 is 0 Å². The average molecular weight is 346 g/mol. The first-order valence-corrected chi connectivity index (χ1v) is 9.86. The van der Waals surface area contributed by atoms with Gasteiger partial charge in [0.2, 0.25) is 5.91 Å². The molecule has 0 N–H and O–H groups in total. The monoisotopic (exact) mass is 346 g/mol. The second-order valence-corrected chi connectivity index (χ2v) is 7.84. The zero-order valence-corrected chi connectivity index (χ0v) is 15.1. The van der Waals surface area contributed by atoms with E-state index in [0.29, 0.717) is 30.3 Å². The molecule has 0 aliphatic carbocycles. The summed E-state index contributed by atoms with van der Waals surface area (Å²) >= 11 is 0. The highest BCUT2D eigenvalue weighted by atomic mass is 16.5. The van der Waals surface area contributed by atoms with Crippen molar-refractivity contribution in [1.82, 2.24) is 19.4 Å². The van der Waals surface area contributed by atoms with Gasteiger partial charge in [-0.3, -0.25) is 9.69 Å². The molecule has 0 spiro atoms. The van der Waals surface area contributed by atoms with Gasteiger partial charge in [0.15, 0.2) is 0 Å². The Labute approximate surface area is 150 Å². The van der Waals surface area contributed by atoms with Crippen LogP contribution >= 0.6 is 0 Å². The molecule has 0 aromatic carbocycles. The zero-order valence-electron chi connectivity index (χ0n) is 15.1. The number of carbonyl (C=O) groups is 1. The van der Waals surface area contributed by atoms with Crippen molar-refractivity contribution in [2.24, 2.45) is 5.92 Å². The molecule has 5 heterocycles. The number of aromatic nitrogens is 2. The second kappa shape index (κ2) is 7.87. The molecule has 2 bridgehead atoms. The Balaban J connectivity index is 1.32. The van der Waals surface area contributed by atoms with Crippen LogP contribution in [0.15, 0.2) is 18.7 Å². The van der Waals surface area contributed by atoms with Crippen LogP contribution in [0.2, 0.25) is 0 Å². The van der Waals surface area contributed by atoms with Crippen LogP contribution in [0.3, 0.4) is 0 Å². The van der Waals surface area contributed by atoms with Gasteiger partial charge >= 0.3 is 0 Å². The van der Waals surface area contributed by atoms with Crippen molar-refractivity contribution in [2.45, 2.75) is 57.2 Å². The summed E-state index contributed by atoms with van der Waals surface area (Å²) in [5, 5.41) is 0. The molecule has 1 aromatic heterocycles. The molecular weight excluding hydrogens is 316 g/mol. The highest BCUT2D eigenvalue weighted by Gasteiger charge is 2.38. The number of hydrogen-bond donors (Lipinski definition) is 0. The van der Waals surface area contributed by atoms with Crippen LogP contribution in [0.4, 0.5) is 0 Å². The minimum atomic E-state index is 0.351. The van der Waals surface area contributed by atoms with E-state index >= 15 is 0 Å². The molecule has 4 saturated heterocycles. The van der Waals surface area contributed by atoms with Crippen LogP contribution in [0.1, 0.15) is 38.5 Å². The third-order valence-electron chi connectivity index (χ3n) is 6.14. The van der Waals surface area contributed by atoms with Gasteiger partial charge in [0, 0.05) is 70.3 Å². The van der Waals surface area contributed by atoms with Crippen molar-refractivity contribution in [2.75, 3.05) is 32.8 Å². The van der Waals surface area contributed by atoms with E-state index in [2.05, 4.69) is 19.4 Å². The number of amides is 1. The third kappa shape index (κ3) is 4.06. The quantitative estimate of drug-likeness (QED) is 0.815. The van der Waals surface area contributed by atoms with Gasteiger partial charge in [-0.15, -0.1) is 0 Å². The van der Waals surface area contributed by atoms with Crippen molar-refractivity contribution in [3.05, 3.63) is 18.7 Å². The van der Waals surface area contributed by atoms with Gasteiger partial charge in [0.05, 0.1) is 6.33 Å². The van der Waals surface area contributed by atoms with Crippen molar-refractivity contribution in [1.29, 1.82) is 0 Å². The van der Waals surface area contributed by atoms with Crippen LogP contribution in [-0.4, -0.2) is 70.2 Å². The minimum absolute atomic E-state index is 0.351. The normalized spacial score (nSPS) is 28.2. The van der Waals surface area contributed by atoms with Crippen LogP contribution in [0.5, 0.6) is 0 Å². The van der Waals surface area contributed by atoms with Gasteiger partial charge in [-0.25, -0.2) is 4.98 Å². The predicted octanol–water partition coefficient (Wildman–Crippen LogP) is 1.77. The lowest BCUT2D eigenvalue weighted by Gasteiger charge is -2.37. The number of carbonyl (C=O) groups excluding carboxylic acids is 1. The lowest BCUT2D eigenvalue weighted by Crippen LogP contribution is -2.48. The zero-order chi connectivity index (χ0) is 17.1. The minimum Gasteiger partial charge on any atom is -0.381 e. The summed E-state index contributed by atoms with van der Waals surface area (Å²) in [4.78, 5) is 21.8. The molecule has 2 atom stereocenters. The lowest BCUT2D eigenvalue weighted by atomic mass is 9.94. The summed E-state index contributed by atoms with van der Waals surface area (Å²) in [7, 11) is 0. The maximum atomic E-state index is 12.8. The van der Waals surface area contributed by atoms with Crippen molar-refractivity contribution in [3.8, 4) is 0 Å². The Morgan fingerprint density at radius 1 is 1.08 bits per heavy atom. The Kier molecular flexibility index (Phi) is 5.36. The Morgan fingerprint density at radius 2 is 1.96 bits per heavy atom. The topological polar surface area (TPSA) is 50.6 Å². The summed E-state index contributed by atoms with van der Waals surface area (Å²) in [6.07, 6.45) is 11.9. The molecule has 0 unspecified atom stereocenters. The van der Waals surface area contributed by atoms with Gasteiger partial charge in [0.1, 0.15) is 0 Å². The summed E-state index contributed by atoms with van der Waals surface area (Å²) in [5.74, 6) is 1.00. The largest absolute Gasteiger partial charge is 0.381 e. The van der Waals surface area contributed by atoms with E-state index in [1.54, 1.807) is 6.20 Å². The number of aryl methyl sites for hydroxylation is 1. The lowest BCUT2D eigenvalue weighted by molar-refractivity contribution is -0.135. The number of nitrogens with zero attached hydrogens (tertiary/aromatic N) is 4. The van der Waals surface area contributed by atoms with Gasteiger partial charge in [-0.05, 0) is 38.0 Å². The summed E-state index contributed by atoms with van der Waals surface area (Å²) in [5.41, 5.74) is 0. The first-order chi connectivity index (χ1) is 12.3. The maximum absolute atomic E-state index is 12.8. The van der Waals surface area contributed by atoms with E-state index in [9.17, 15) is 4.79 Å². The molecule has 4 aliphatic rings. The fourth-order valence-corrected chi connectivity index (χ4v) is 4.75. The van der Waals surface area contributed by atoms with Crippen LogP contribution in [0.25, 0.3) is 0 Å². The molecule has 0 radical (unpaired) electrons. The fourth-order valence-electron chi connectivity index (χ4n) is 4.75. The van der Waals surface area contributed by atoms with Gasteiger partial charge in [0.25, 0.3) is 0 Å². The van der Waals surface area contributed by atoms with E-state index < -0.39 is 0 Å². The van der Waals surface area contributed by atoms with Gasteiger partial charge in [-0.1, -0.05) is 0 Å². The van der Waals surface area contributed by atoms with Crippen LogP contribution in [-0.2, 0) is 16.1 Å². The molecule has 138 valence electrons. The Hall–Kier alpha value is -1.40. The molecule has 6 nitrogen and oxygen atoms in total. The SMILES string of the molecule is O=C(CCCn1ccnc1)N1C[C@H]2CC[C@@H]1CN(C1CCOCC1)C2. The molecule has 6 heteroatoms. The van der Waals surface area contributed by atoms with Crippen LogP contribution in [0, 0.1) is 5.92 Å². The number of imidazole rings is 1. The maximum Gasteiger partial charge on any atom is 0.222 e. The molecule has 1 aromatic rings. The molecule has 0 saturated carbocycles. The smallest absolute Gasteiger partial charge is 0.222 e. The second-order valence-electron chi connectivity index (χ2n) is 7.84. The van der Waals surface area contributed by atoms with E-state index in [1.165, 1.54) is 19.4 Å². The molecule has 4 fully saturated rings. The Morgan fingerprint density at radius 3 is 2.76 bits per heavy atom. The highest BCUT2D eigenvalue weighted by Crippen LogP contribution is 2.31. The molecule has 1 amide bonds. The Bertz CT molecular complexity index is 556. The van der Waals surface area contributed by atoms with E-state index in [0.717, 1.165) is 52.1 Å². The summed E-state index contributed by atoms with van der Waals surface area (Å²) in [6, 6.07) is 1.08. The predicted molar refractivity (Wildman–Crippen MR) is 95.1 cm³/mol. The molecule has 25 heavy (non-hydrogen) atoms. The number of fused-ring (bicyclic) bond motifs is 4. The standard InChI is InChI=1S/C19H30N4O2/c24-19(2-1-8-21-9-7-20-15-21)23-13-16-3-4-18(23)14-22(12-16)17-5-10-25-11-6-17/h7,9,15-18H,1-6,8,10-14H2/t16-,18+/m0/s1. The van der Waals surface area contributed by atoms with E-state index in [4.69, 9.17) is 4.74 Å². The fraction of sp³-hybridized carbons (Fsp3) is 0.789. The van der Waals surface area contributed by atoms with E-state index in [-0.39, 0.29) is 0 Å². The van der Waals surface area contributed by atoms with Crippen molar-refractivity contribution >= 4 is 5.91 Å². The average Bonchev–Trinajstić information content (AvgIpc) is 2.99. The number of rotatable bonds is 5. The van der Waals surface area contributed by atoms with Crippen molar-refractivity contribution < 1.29 is 9.53 Å². The van der Waals surface area contributed by atoms with E-state index in [1.807, 2.05) is 12.5 Å². The third-order valence-corrected chi connectivity index (χ3v) is 6.14. The first kappa shape index (κ1) is 17.0. The molecular formula is C19H30N4O2. The first-order valence-electron chi connectivity index (χ1n) is 9.86. The number of ether oxygens (including phenoxy) is 1. The number of hydrogen-bond acceptors (Lipinski definition) is 4. The molecule has 4 aliphatic heterocycles. The van der Waals surface area contributed by atoms with Gasteiger partial charge in [-0.2, -0.15) is 0 Å². The van der Waals surface area contributed by atoms with Gasteiger partial charge < -0.3 is 14.2 Å². The van der Waals surface area contributed by atoms with Crippen molar-refractivity contribution in [3.63, 3.8) is 0 Å². The summed E-state index contributed by atoms with van der Waals surface area (Å²) < 4.78 is 7.58. The molecule has 5 rings (SSSR count).